The number of nitrogens with zero attached hydrogens (tertiary/aromatic N) is 4. The molecule has 0 bridgehead atoms. The Balaban J connectivity index is 1.71. The summed E-state index contributed by atoms with van der Waals surface area (Å²) in [5.74, 6) is -0.376. The fraction of sp³-hybridized carbons (Fsp3) is 0.533. The molecule has 0 aromatic carbocycles. The Morgan fingerprint density at radius 2 is 2.00 bits per heavy atom. The number of aryl methyl sites for hydroxylation is 1. The van der Waals surface area contributed by atoms with Gasteiger partial charge in [0, 0.05) is 19.4 Å². The summed E-state index contributed by atoms with van der Waals surface area (Å²) in [6.07, 6.45) is -1.93. The average molecular weight is 392 g/mol. The number of hydrogen-bond donors (Lipinski definition) is 2. The third-order valence-corrected chi connectivity index (χ3v) is 4.23. The summed E-state index contributed by atoms with van der Waals surface area (Å²) in [6.45, 7) is -1.10. The number of hydrogen-bond acceptors (Lipinski definition) is 6. The fourth-order valence-corrected chi connectivity index (χ4v) is 2.76. The topological polar surface area (TPSA) is 76.9 Å². The molecule has 1 saturated carbocycles. The van der Waals surface area contributed by atoms with Crippen LogP contribution in [0.4, 0.5) is 39.4 Å². The molecule has 148 valence electrons. The van der Waals surface area contributed by atoms with Gasteiger partial charge in [-0.15, -0.1) is 0 Å². The zero-order valence-electron chi connectivity index (χ0n) is 14.4. The highest BCUT2D eigenvalue weighted by Gasteiger charge is 2.36. The third kappa shape index (κ3) is 4.26. The number of anilines is 3. The summed E-state index contributed by atoms with van der Waals surface area (Å²) < 4.78 is 69.1. The molecule has 0 unspecified atom stereocenters. The Bertz CT molecular complexity index is 802. The monoisotopic (exact) mass is 392 g/mol. The molecule has 1 aliphatic carbocycles. The lowest BCUT2D eigenvalue weighted by molar-refractivity contribution is -0.189. The van der Waals surface area contributed by atoms with Crippen LogP contribution in [0.2, 0.25) is 0 Å². The van der Waals surface area contributed by atoms with Gasteiger partial charge in [0.2, 0.25) is 5.95 Å². The minimum atomic E-state index is -4.57. The molecule has 2 aromatic heterocycles. The first kappa shape index (κ1) is 19.3. The van der Waals surface area contributed by atoms with Crippen molar-refractivity contribution in [1.29, 1.82) is 0 Å². The van der Waals surface area contributed by atoms with Gasteiger partial charge < -0.3 is 15.4 Å². The molecule has 0 spiro atoms. The number of ether oxygens (including phenoxy) is 1. The van der Waals surface area contributed by atoms with Gasteiger partial charge in [0.25, 0.3) is 0 Å². The van der Waals surface area contributed by atoms with Crippen LogP contribution in [0.25, 0.3) is 0 Å². The van der Waals surface area contributed by atoms with E-state index >= 15 is 0 Å². The summed E-state index contributed by atoms with van der Waals surface area (Å²) in [6, 6.07) is -0.0793. The van der Waals surface area contributed by atoms with Crippen LogP contribution in [0.1, 0.15) is 30.1 Å². The second-order valence-corrected chi connectivity index (χ2v) is 6.08. The van der Waals surface area contributed by atoms with E-state index < -0.39 is 24.5 Å². The van der Waals surface area contributed by atoms with Gasteiger partial charge in [-0.3, -0.25) is 4.68 Å². The number of nitrogens with one attached hydrogen (secondary N) is 2. The van der Waals surface area contributed by atoms with Crippen LogP contribution in [0, 0.1) is 6.92 Å². The Morgan fingerprint density at radius 1 is 1.30 bits per heavy atom. The van der Waals surface area contributed by atoms with E-state index in [2.05, 4.69) is 30.4 Å². The molecular formula is C15H17F5N6O. The van der Waals surface area contributed by atoms with E-state index in [-0.39, 0.29) is 17.8 Å². The van der Waals surface area contributed by atoms with Gasteiger partial charge in [0.1, 0.15) is 11.4 Å². The van der Waals surface area contributed by atoms with Gasteiger partial charge in [0.15, 0.2) is 0 Å². The molecule has 1 fully saturated rings. The Labute approximate surface area is 150 Å². The third-order valence-electron chi connectivity index (χ3n) is 4.23. The molecule has 0 radical (unpaired) electrons. The van der Waals surface area contributed by atoms with E-state index in [4.69, 9.17) is 0 Å². The summed E-state index contributed by atoms with van der Waals surface area (Å²) in [4.78, 5) is 7.53. The zero-order valence-corrected chi connectivity index (χ0v) is 14.4. The van der Waals surface area contributed by atoms with Crippen molar-refractivity contribution in [3.05, 3.63) is 23.7 Å². The van der Waals surface area contributed by atoms with Crippen LogP contribution in [-0.2, 0) is 10.9 Å². The predicted molar refractivity (Wildman–Crippen MR) is 86.0 cm³/mol. The van der Waals surface area contributed by atoms with Crippen LogP contribution < -0.4 is 10.6 Å². The minimum absolute atomic E-state index is 0.0254. The van der Waals surface area contributed by atoms with Gasteiger partial charge in [-0.1, -0.05) is 0 Å². The van der Waals surface area contributed by atoms with Crippen molar-refractivity contribution >= 4 is 17.5 Å². The molecule has 7 nitrogen and oxygen atoms in total. The SMILES string of the molecule is CNc1nc(Nc2cn([C@H]3C[C@H](OC(F)F)C3)nc2C)ncc1C(F)(F)F. The van der Waals surface area contributed by atoms with Crippen LogP contribution in [0.3, 0.4) is 0 Å². The summed E-state index contributed by atoms with van der Waals surface area (Å²) >= 11 is 0. The molecule has 2 heterocycles. The maximum Gasteiger partial charge on any atom is 0.421 e. The van der Waals surface area contributed by atoms with Crippen LogP contribution in [0.5, 0.6) is 0 Å². The van der Waals surface area contributed by atoms with Crippen molar-refractivity contribution in [2.45, 2.75) is 44.7 Å². The number of aromatic nitrogens is 4. The highest BCUT2D eigenvalue weighted by Crippen LogP contribution is 2.37. The second-order valence-electron chi connectivity index (χ2n) is 6.08. The Kier molecular flexibility index (Phi) is 5.18. The molecular weight excluding hydrogens is 375 g/mol. The summed E-state index contributed by atoms with van der Waals surface area (Å²) in [5.41, 5.74) is 0.111. The minimum Gasteiger partial charge on any atom is -0.372 e. The normalized spacial score (nSPS) is 19.9. The van der Waals surface area contributed by atoms with E-state index in [9.17, 15) is 22.0 Å². The fourth-order valence-electron chi connectivity index (χ4n) is 2.76. The standard InChI is InChI=1S/C15H17F5N6O/c1-7-11(6-26(25-7)8-3-9(4-8)27-13(16)17)23-14-22-5-10(15(18,19)20)12(21-2)24-14/h5-6,8-9,13H,3-4H2,1-2H3,(H2,21,22,23,24)/t8-,9-. The van der Waals surface area contributed by atoms with Gasteiger partial charge >= 0.3 is 12.8 Å². The number of halogens is 5. The molecule has 0 atom stereocenters. The molecule has 27 heavy (non-hydrogen) atoms. The van der Waals surface area contributed by atoms with Crippen molar-refractivity contribution in [1.82, 2.24) is 19.7 Å². The molecule has 3 rings (SSSR count). The first-order valence-electron chi connectivity index (χ1n) is 8.05. The summed E-state index contributed by atoms with van der Waals surface area (Å²) in [5, 5.41) is 9.53. The molecule has 2 aromatic rings. The van der Waals surface area contributed by atoms with Crippen LogP contribution in [-0.4, -0.2) is 39.5 Å². The molecule has 12 heteroatoms. The lowest BCUT2D eigenvalue weighted by Crippen LogP contribution is -2.34. The quantitative estimate of drug-likeness (QED) is 0.730. The molecule has 0 aliphatic heterocycles. The predicted octanol–water partition coefficient (Wildman–Crippen LogP) is 3.73. The molecule has 0 saturated heterocycles. The van der Waals surface area contributed by atoms with Crippen molar-refractivity contribution in [2.75, 3.05) is 17.7 Å². The maximum atomic E-state index is 12.9. The van der Waals surface area contributed by atoms with Crippen molar-refractivity contribution in [3.63, 3.8) is 0 Å². The van der Waals surface area contributed by atoms with Crippen molar-refractivity contribution < 1.29 is 26.7 Å². The van der Waals surface area contributed by atoms with Crippen LogP contribution in [0.15, 0.2) is 12.4 Å². The molecule has 0 amide bonds. The van der Waals surface area contributed by atoms with Gasteiger partial charge in [0.05, 0.1) is 23.5 Å². The van der Waals surface area contributed by atoms with Crippen molar-refractivity contribution in [3.8, 4) is 0 Å². The van der Waals surface area contributed by atoms with E-state index in [0.717, 1.165) is 0 Å². The smallest absolute Gasteiger partial charge is 0.372 e. The number of alkyl halides is 5. The maximum absolute atomic E-state index is 12.9. The van der Waals surface area contributed by atoms with E-state index in [0.29, 0.717) is 30.4 Å². The van der Waals surface area contributed by atoms with Gasteiger partial charge in [-0.2, -0.15) is 32.0 Å². The zero-order chi connectivity index (χ0) is 19.8. The van der Waals surface area contributed by atoms with E-state index in [1.807, 2.05) is 0 Å². The van der Waals surface area contributed by atoms with Crippen molar-refractivity contribution in [2.24, 2.45) is 0 Å². The lowest BCUT2D eigenvalue weighted by Gasteiger charge is -2.34. The second kappa shape index (κ2) is 7.25. The molecule has 2 N–H and O–H groups in total. The van der Waals surface area contributed by atoms with Crippen LogP contribution >= 0.6 is 0 Å². The van der Waals surface area contributed by atoms with Gasteiger partial charge in [-0.25, -0.2) is 4.98 Å². The van der Waals surface area contributed by atoms with E-state index in [1.165, 1.54) is 7.05 Å². The van der Waals surface area contributed by atoms with Gasteiger partial charge in [-0.05, 0) is 19.8 Å². The largest absolute Gasteiger partial charge is 0.421 e. The number of rotatable bonds is 6. The average Bonchev–Trinajstić information content (AvgIpc) is 2.89. The molecule has 1 aliphatic rings. The first-order valence-corrected chi connectivity index (χ1v) is 8.05. The highest BCUT2D eigenvalue weighted by atomic mass is 19.4. The highest BCUT2D eigenvalue weighted by molar-refractivity contribution is 5.57. The van der Waals surface area contributed by atoms with E-state index in [1.54, 1.807) is 17.8 Å². The Hall–Kier alpha value is -2.50. The lowest BCUT2D eigenvalue weighted by atomic mass is 9.89. The Morgan fingerprint density at radius 3 is 2.59 bits per heavy atom. The summed E-state index contributed by atoms with van der Waals surface area (Å²) in [7, 11) is 1.33. The first-order chi connectivity index (χ1) is 12.7.